The maximum absolute atomic E-state index is 12.1. The monoisotopic (exact) mass is 278 g/mol. The van der Waals surface area contributed by atoms with Crippen LogP contribution < -0.4 is 5.56 Å². The largest absolute Gasteiger partial charge is 0.388 e. The van der Waals surface area contributed by atoms with Crippen LogP contribution in [0.25, 0.3) is 0 Å². The molecule has 1 fully saturated rings. The summed E-state index contributed by atoms with van der Waals surface area (Å²) in [4.78, 5) is 25.2. The van der Waals surface area contributed by atoms with Crippen molar-refractivity contribution in [1.82, 2.24) is 9.47 Å². The highest BCUT2D eigenvalue weighted by Crippen LogP contribution is 2.29. The molecule has 1 amide bonds. The number of carbonyl (C=O) groups excluding carboxylic acids is 1. The quantitative estimate of drug-likeness (QED) is 0.874. The zero-order valence-corrected chi connectivity index (χ0v) is 11.9. The third-order valence-corrected chi connectivity index (χ3v) is 3.96. The van der Waals surface area contributed by atoms with E-state index in [1.807, 2.05) is 0 Å². The first-order valence-corrected chi connectivity index (χ1v) is 7.12. The second-order valence-electron chi connectivity index (χ2n) is 5.66. The molecule has 0 saturated heterocycles. The predicted molar refractivity (Wildman–Crippen MR) is 76.4 cm³/mol. The number of amides is 1. The molecule has 5 heteroatoms. The van der Waals surface area contributed by atoms with E-state index >= 15 is 0 Å². The Hall–Kier alpha value is -1.62. The lowest BCUT2D eigenvalue weighted by Gasteiger charge is -2.28. The summed E-state index contributed by atoms with van der Waals surface area (Å²) in [7, 11) is 1.71. The van der Waals surface area contributed by atoms with E-state index in [0.717, 1.165) is 25.7 Å². The lowest BCUT2D eigenvalue weighted by atomic mass is 10.0. The van der Waals surface area contributed by atoms with E-state index < -0.39 is 5.60 Å². The molecule has 0 aromatic carbocycles. The fourth-order valence-electron chi connectivity index (χ4n) is 2.77. The summed E-state index contributed by atoms with van der Waals surface area (Å²) in [6, 6.07) is 4.94. The minimum atomic E-state index is -0.714. The standard InChI is InChI=1S/C15H22N2O3/c1-16(12-15(20)8-3-4-9-15)13(18)7-11-17-10-5-2-6-14(17)19/h2,5-6,10,20H,3-4,7-9,11-12H2,1H3. The summed E-state index contributed by atoms with van der Waals surface area (Å²) in [5, 5.41) is 10.3. The van der Waals surface area contributed by atoms with Crippen LogP contribution in [0.4, 0.5) is 0 Å². The summed E-state index contributed by atoms with van der Waals surface area (Å²) in [5.41, 5.74) is -0.814. The van der Waals surface area contributed by atoms with Crippen molar-refractivity contribution in [2.75, 3.05) is 13.6 Å². The molecule has 1 aromatic heterocycles. The molecular weight excluding hydrogens is 256 g/mol. The molecule has 0 aliphatic heterocycles. The molecule has 2 rings (SSSR count). The van der Waals surface area contributed by atoms with E-state index in [1.165, 1.54) is 10.6 Å². The first-order chi connectivity index (χ1) is 9.50. The first kappa shape index (κ1) is 14.8. The van der Waals surface area contributed by atoms with Gasteiger partial charge in [0, 0.05) is 38.8 Å². The van der Waals surface area contributed by atoms with Crippen LogP contribution >= 0.6 is 0 Å². The van der Waals surface area contributed by atoms with Crippen molar-refractivity contribution in [3.63, 3.8) is 0 Å². The molecule has 0 bridgehead atoms. The van der Waals surface area contributed by atoms with E-state index in [0.29, 0.717) is 13.1 Å². The molecule has 1 heterocycles. The molecule has 1 aliphatic rings. The third-order valence-electron chi connectivity index (χ3n) is 3.96. The average molecular weight is 278 g/mol. The average Bonchev–Trinajstić information content (AvgIpc) is 2.84. The fourth-order valence-corrected chi connectivity index (χ4v) is 2.77. The Balaban J connectivity index is 1.85. The molecular formula is C15H22N2O3. The molecule has 5 nitrogen and oxygen atoms in total. The van der Waals surface area contributed by atoms with Gasteiger partial charge in [-0.3, -0.25) is 9.59 Å². The Morgan fingerprint density at radius 3 is 2.75 bits per heavy atom. The lowest BCUT2D eigenvalue weighted by molar-refractivity contribution is -0.133. The van der Waals surface area contributed by atoms with Crippen LogP contribution in [0.15, 0.2) is 29.2 Å². The van der Waals surface area contributed by atoms with E-state index in [-0.39, 0.29) is 17.9 Å². The maximum atomic E-state index is 12.1. The lowest BCUT2D eigenvalue weighted by Crippen LogP contribution is -2.42. The second kappa shape index (κ2) is 6.22. The van der Waals surface area contributed by atoms with Gasteiger partial charge in [-0.2, -0.15) is 0 Å². The van der Waals surface area contributed by atoms with Gasteiger partial charge in [0.05, 0.1) is 5.60 Å². The highest BCUT2D eigenvalue weighted by Gasteiger charge is 2.33. The van der Waals surface area contributed by atoms with E-state index in [2.05, 4.69) is 0 Å². The van der Waals surface area contributed by atoms with Crippen molar-refractivity contribution >= 4 is 5.91 Å². The summed E-state index contributed by atoms with van der Waals surface area (Å²) >= 11 is 0. The number of pyridine rings is 1. The molecule has 1 aliphatic carbocycles. The van der Waals surface area contributed by atoms with Crippen molar-refractivity contribution in [1.29, 1.82) is 0 Å². The number of aryl methyl sites for hydroxylation is 1. The Morgan fingerprint density at radius 1 is 1.40 bits per heavy atom. The predicted octanol–water partition coefficient (Wildman–Crippen LogP) is 1.00. The Morgan fingerprint density at radius 2 is 2.10 bits per heavy atom. The van der Waals surface area contributed by atoms with Gasteiger partial charge in [-0.15, -0.1) is 0 Å². The Bertz CT molecular complexity index is 518. The number of likely N-dealkylation sites (N-methyl/N-ethyl adjacent to an activating group) is 1. The van der Waals surface area contributed by atoms with Crippen LogP contribution in [0.1, 0.15) is 32.1 Å². The van der Waals surface area contributed by atoms with E-state index in [4.69, 9.17) is 0 Å². The first-order valence-electron chi connectivity index (χ1n) is 7.12. The SMILES string of the molecule is CN(CC1(O)CCCC1)C(=O)CCn1ccccc1=O. The van der Waals surface area contributed by atoms with Crippen molar-refractivity contribution < 1.29 is 9.90 Å². The second-order valence-corrected chi connectivity index (χ2v) is 5.66. The molecule has 0 unspecified atom stereocenters. The van der Waals surface area contributed by atoms with E-state index in [1.54, 1.807) is 30.3 Å². The minimum absolute atomic E-state index is 0.0407. The number of hydrogen-bond acceptors (Lipinski definition) is 3. The minimum Gasteiger partial charge on any atom is -0.388 e. The molecule has 110 valence electrons. The Kier molecular flexibility index (Phi) is 4.60. The van der Waals surface area contributed by atoms with Gasteiger partial charge < -0.3 is 14.6 Å². The summed E-state index contributed by atoms with van der Waals surface area (Å²) in [6.07, 6.45) is 5.54. The third kappa shape index (κ3) is 3.70. The van der Waals surface area contributed by atoms with Gasteiger partial charge in [0.2, 0.25) is 5.91 Å². The molecule has 1 saturated carbocycles. The van der Waals surface area contributed by atoms with Crippen LogP contribution in [0.5, 0.6) is 0 Å². The molecule has 0 spiro atoms. The molecule has 0 atom stereocenters. The summed E-state index contributed by atoms with van der Waals surface area (Å²) in [5.74, 6) is -0.0407. The zero-order chi connectivity index (χ0) is 14.6. The van der Waals surface area contributed by atoms with Crippen molar-refractivity contribution in [2.45, 2.75) is 44.2 Å². The fraction of sp³-hybridized carbons (Fsp3) is 0.600. The molecule has 0 radical (unpaired) electrons. The van der Waals surface area contributed by atoms with Crippen molar-refractivity contribution in [3.05, 3.63) is 34.7 Å². The molecule has 20 heavy (non-hydrogen) atoms. The molecule has 1 N–H and O–H groups in total. The van der Waals surface area contributed by atoms with Crippen LogP contribution in [-0.2, 0) is 11.3 Å². The van der Waals surface area contributed by atoms with Crippen LogP contribution in [0.2, 0.25) is 0 Å². The normalized spacial score (nSPS) is 17.1. The molecule has 1 aromatic rings. The van der Waals surface area contributed by atoms with Gasteiger partial charge in [0.25, 0.3) is 5.56 Å². The number of rotatable bonds is 5. The van der Waals surface area contributed by atoms with Gasteiger partial charge >= 0.3 is 0 Å². The highest BCUT2D eigenvalue weighted by atomic mass is 16.3. The number of aliphatic hydroxyl groups is 1. The summed E-state index contributed by atoms with van der Waals surface area (Å²) in [6.45, 7) is 0.761. The Labute approximate surface area is 118 Å². The highest BCUT2D eigenvalue weighted by molar-refractivity contribution is 5.75. The van der Waals surface area contributed by atoms with Gasteiger partial charge in [-0.1, -0.05) is 18.9 Å². The van der Waals surface area contributed by atoms with Gasteiger partial charge in [0.1, 0.15) is 0 Å². The van der Waals surface area contributed by atoms with Crippen LogP contribution in [0, 0.1) is 0 Å². The van der Waals surface area contributed by atoms with Crippen LogP contribution in [-0.4, -0.2) is 39.7 Å². The summed E-state index contributed by atoms with van der Waals surface area (Å²) < 4.78 is 1.52. The smallest absolute Gasteiger partial charge is 0.250 e. The van der Waals surface area contributed by atoms with Gasteiger partial charge in [-0.05, 0) is 18.9 Å². The number of nitrogens with zero attached hydrogens (tertiary/aromatic N) is 2. The number of carbonyl (C=O) groups is 1. The van der Waals surface area contributed by atoms with E-state index in [9.17, 15) is 14.7 Å². The topological polar surface area (TPSA) is 62.5 Å². The number of hydrogen-bond donors (Lipinski definition) is 1. The van der Waals surface area contributed by atoms with Crippen molar-refractivity contribution in [2.24, 2.45) is 0 Å². The zero-order valence-electron chi connectivity index (χ0n) is 11.9. The number of aromatic nitrogens is 1. The van der Waals surface area contributed by atoms with Gasteiger partial charge in [0.15, 0.2) is 0 Å². The van der Waals surface area contributed by atoms with Crippen molar-refractivity contribution in [3.8, 4) is 0 Å². The van der Waals surface area contributed by atoms with Crippen LogP contribution in [0.3, 0.4) is 0 Å². The maximum Gasteiger partial charge on any atom is 0.250 e. The van der Waals surface area contributed by atoms with Gasteiger partial charge in [-0.25, -0.2) is 0 Å².